The molecule has 26 heavy (non-hydrogen) atoms. The van der Waals surface area contributed by atoms with Crippen LogP contribution >= 0.6 is 0 Å². The van der Waals surface area contributed by atoms with Crippen molar-refractivity contribution in [3.63, 3.8) is 0 Å². The molecule has 0 radical (unpaired) electrons. The van der Waals surface area contributed by atoms with E-state index in [1.807, 2.05) is 13.0 Å². The van der Waals surface area contributed by atoms with Crippen molar-refractivity contribution in [2.24, 2.45) is 5.92 Å². The number of carbonyl (C=O) groups is 1. The van der Waals surface area contributed by atoms with Crippen LogP contribution in [0, 0.1) is 5.92 Å². The Bertz CT molecular complexity index is 653. The van der Waals surface area contributed by atoms with E-state index in [9.17, 15) is 20.1 Å². The van der Waals surface area contributed by atoms with Crippen LogP contribution in [0.2, 0.25) is 0 Å². The van der Waals surface area contributed by atoms with Gasteiger partial charge in [0.05, 0.1) is 11.7 Å². The summed E-state index contributed by atoms with van der Waals surface area (Å²) in [4.78, 5) is 12.1. The third-order valence-electron chi connectivity index (χ3n) is 6.23. The summed E-state index contributed by atoms with van der Waals surface area (Å²) in [6, 6.07) is 0. The summed E-state index contributed by atoms with van der Waals surface area (Å²) in [5.74, 6) is -2.28. The predicted octanol–water partition coefficient (Wildman–Crippen LogP) is 1.97. The molecule has 0 aromatic heterocycles. The van der Waals surface area contributed by atoms with Crippen molar-refractivity contribution in [1.82, 2.24) is 0 Å². The van der Waals surface area contributed by atoms with Gasteiger partial charge in [-0.05, 0) is 52.4 Å². The Morgan fingerprint density at radius 1 is 1.23 bits per heavy atom. The van der Waals surface area contributed by atoms with E-state index in [2.05, 4.69) is 6.92 Å². The van der Waals surface area contributed by atoms with Crippen LogP contribution in [0.4, 0.5) is 0 Å². The van der Waals surface area contributed by atoms with Crippen LogP contribution < -0.4 is 0 Å². The molecule has 6 heteroatoms. The van der Waals surface area contributed by atoms with Crippen LogP contribution in [0.3, 0.4) is 0 Å². The minimum atomic E-state index is -1.93. The van der Waals surface area contributed by atoms with Gasteiger partial charge in [0.1, 0.15) is 12.2 Å². The van der Waals surface area contributed by atoms with Gasteiger partial charge in [-0.15, -0.1) is 0 Å². The maximum atomic E-state index is 12.1. The van der Waals surface area contributed by atoms with Crippen molar-refractivity contribution >= 4 is 5.97 Å². The van der Waals surface area contributed by atoms with E-state index in [0.717, 1.165) is 24.8 Å². The van der Waals surface area contributed by atoms with Crippen LogP contribution in [0.5, 0.6) is 0 Å². The number of esters is 1. The Balaban J connectivity index is 2.03. The highest BCUT2D eigenvalue weighted by Gasteiger charge is 2.54. The number of hydrogen-bond acceptors (Lipinski definition) is 6. The lowest BCUT2D eigenvalue weighted by molar-refractivity contribution is -0.190. The summed E-state index contributed by atoms with van der Waals surface area (Å²) < 4.78 is 11.4. The topological polar surface area (TPSA) is 96.2 Å². The molecule has 3 rings (SSSR count). The highest BCUT2D eigenvalue weighted by molar-refractivity contribution is 5.92. The van der Waals surface area contributed by atoms with Crippen LogP contribution in [-0.2, 0) is 14.3 Å². The zero-order valence-electron chi connectivity index (χ0n) is 16.0. The molecule has 1 unspecified atom stereocenters. The van der Waals surface area contributed by atoms with Crippen molar-refractivity contribution in [2.45, 2.75) is 89.5 Å². The standard InChI is InChI=1S/C20H30O6/c1-11-6-5-7-12(2)14-8-9-19(4,25-14)17(22)16(21)15-13(3)18(23)26-20(15,24)10-11/h6,12,14,16-17,21-22,24H,5,7-10H2,1-4H3/b11-6+/t12-,14+,16-,17+,19?,20+/m0/s1. The highest BCUT2D eigenvalue weighted by atomic mass is 16.7. The van der Waals surface area contributed by atoms with Crippen molar-refractivity contribution < 1.29 is 29.6 Å². The number of allylic oxidation sites excluding steroid dienone is 1. The Labute approximate surface area is 154 Å². The van der Waals surface area contributed by atoms with Gasteiger partial charge in [0, 0.05) is 17.6 Å². The van der Waals surface area contributed by atoms with Crippen LogP contribution in [-0.4, -0.2) is 51.0 Å². The lowest BCUT2D eigenvalue weighted by Crippen LogP contribution is -2.51. The van der Waals surface area contributed by atoms with Crippen molar-refractivity contribution in [2.75, 3.05) is 0 Å². The molecule has 1 saturated heterocycles. The van der Waals surface area contributed by atoms with E-state index in [-0.39, 0.29) is 23.7 Å². The molecule has 6 atom stereocenters. The molecule has 0 aliphatic carbocycles. The molecule has 0 aromatic rings. The fourth-order valence-corrected chi connectivity index (χ4v) is 4.50. The Kier molecular flexibility index (Phi) is 5.07. The molecule has 3 aliphatic heterocycles. The third-order valence-corrected chi connectivity index (χ3v) is 6.23. The van der Waals surface area contributed by atoms with E-state index < -0.39 is 29.6 Å². The first-order chi connectivity index (χ1) is 12.1. The first kappa shape index (κ1) is 19.5. The molecule has 0 spiro atoms. The largest absolute Gasteiger partial charge is 0.425 e. The summed E-state index contributed by atoms with van der Waals surface area (Å²) in [6.07, 6.45) is 2.58. The normalized spacial score (nSPS) is 46.6. The second-order valence-corrected chi connectivity index (χ2v) is 8.39. The number of hydrogen-bond donors (Lipinski definition) is 3. The average molecular weight is 366 g/mol. The summed E-state index contributed by atoms with van der Waals surface area (Å²) >= 11 is 0. The van der Waals surface area contributed by atoms with Crippen molar-refractivity contribution in [3.05, 3.63) is 22.8 Å². The van der Waals surface area contributed by atoms with E-state index in [1.54, 1.807) is 6.92 Å². The number of aliphatic hydroxyl groups is 3. The van der Waals surface area contributed by atoms with Gasteiger partial charge in [0.15, 0.2) is 0 Å². The average Bonchev–Trinajstić information content (AvgIpc) is 3.05. The smallest absolute Gasteiger partial charge is 0.336 e. The van der Waals surface area contributed by atoms with Crippen molar-refractivity contribution in [1.29, 1.82) is 0 Å². The zero-order valence-corrected chi connectivity index (χ0v) is 16.0. The lowest BCUT2D eigenvalue weighted by atomic mass is 9.83. The first-order valence-corrected chi connectivity index (χ1v) is 9.44. The van der Waals surface area contributed by atoms with Gasteiger partial charge >= 0.3 is 5.97 Å². The fourth-order valence-electron chi connectivity index (χ4n) is 4.50. The molecular weight excluding hydrogens is 336 g/mol. The van der Waals surface area contributed by atoms with Gasteiger partial charge < -0.3 is 24.8 Å². The summed E-state index contributed by atoms with van der Waals surface area (Å²) in [5.41, 5.74) is 0.129. The molecular formula is C20H30O6. The molecule has 3 N–H and O–H groups in total. The van der Waals surface area contributed by atoms with Crippen LogP contribution in [0.25, 0.3) is 0 Å². The van der Waals surface area contributed by atoms with E-state index in [4.69, 9.17) is 9.47 Å². The molecule has 0 saturated carbocycles. The van der Waals surface area contributed by atoms with Gasteiger partial charge in [0.25, 0.3) is 0 Å². The molecule has 3 heterocycles. The summed E-state index contributed by atoms with van der Waals surface area (Å²) in [7, 11) is 0. The van der Waals surface area contributed by atoms with E-state index in [1.165, 1.54) is 6.92 Å². The number of rotatable bonds is 0. The van der Waals surface area contributed by atoms with Gasteiger partial charge in [0.2, 0.25) is 5.79 Å². The second-order valence-electron chi connectivity index (χ2n) is 8.39. The third kappa shape index (κ3) is 3.24. The van der Waals surface area contributed by atoms with Crippen LogP contribution in [0.1, 0.15) is 59.8 Å². The first-order valence-electron chi connectivity index (χ1n) is 9.44. The van der Waals surface area contributed by atoms with Crippen LogP contribution in [0.15, 0.2) is 22.8 Å². The maximum Gasteiger partial charge on any atom is 0.336 e. The fraction of sp³-hybridized carbons (Fsp3) is 0.750. The van der Waals surface area contributed by atoms with Crippen molar-refractivity contribution in [3.8, 4) is 0 Å². The molecule has 6 nitrogen and oxygen atoms in total. The quantitative estimate of drug-likeness (QED) is 0.448. The minimum absolute atomic E-state index is 0.0201. The summed E-state index contributed by atoms with van der Waals surface area (Å²) in [5, 5.41) is 32.8. The highest BCUT2D eigenvalue weighted by Crippen LogP contribution is 2.44. The SMILES string of the molecule is CC1=C2[C@H](O)[C@@H](O)C3(C)CC[C@@H](O3)[C@@H](C)CC/C=C(\C)C[C@@]2(O)OC1=O. The Hall–Kier alpha value is -1.21. The number of ether oxygens (including phenoxy) is 2. The minimum Gasteiger partial charge on any atom is -0.425 e. The van der Waals surface area contributed by atoms with Gasteiger partial charge in [-0.25, -0.2) is 4.79 Å². The second kappa shape index (κ2) is 6.75. The number of fused-ring (bicyclic) bond motifs is 3. The van der Waals surface area contributed by atoms with E-state index in [0.29, 0.717) is 12.3 Å². The predicted molar refractivity (Wildman–Crippen MR) is 95.0 cm³/mol. The molecule has 3 aliphatic rings. The molecule has 0 amide bonds. The Morgan fingerprint density at radius 3 is 2.62 bits per heavy atom. The van der Waals surface area contributed by atoms with Gasteiger partial charge in [-0.2, -0.15) is 0 Å². The van der Waals surface area contributed by atoms with Gasteiger partial charge in [-0.3, -0.25) is 0 Å². The van der Waals surface area contributed by atoms with E-state index >= 15 is 0 Å². The maximum absolute atomic E-state index is 12.1. The zero-order chi connectivity index (χ0) is 19.3. The van der Waals surface area contributed by atoms with Gasteiger partial charge in [-0.1, -0.05) is 18.6 Å². The Morgan fingerprint density at radius 2 is 1.92 bits per heavy atom. The summed E-state index contributed by atoms with van der Waals surface area (Å²) in [6.45, 7) is 7.29. The molecule has 146 valence electrons. The molecule has 0 aromatic carbocycles. The number of aliphatic hydroxyl groups excluding tert-OH is 2. The molecule has 2 bridgehead atoms. The monoisotopic (exact) mass is 366 g/mol. The molecule has 1 fully saturated rings. The number of carbonyl (C=O) groups excluding carboxylic acids is 1. The lowest BCUT2D eigenvalue weighted by Gasteiger charge is -2.37.